The Hall–Kier alpha value is -1.75. The molecule has 0 radical (unpaired) electrons. The molecule has 0 N–H and O–H groups in total. The first-order valence-electron chi connectivity index (χ1n) is 7.19. The molecular formula is C16H24O5. The van der Waals surface area contributed by atoms with Crippen LogP contribution in [0.15, 0.2) is 18.2 Å². The van der Waals surface area contributed by atoms with Crippen molar-refractivity contribution in [2.45, 2.75) is 26.2 Å². The van der Waals surface area contributed by atoms with Gasteiger partial charge in [-0.25, -0.2) is 4.79 Å². The smallest absolute Gasteiger partial charge is 0.341 e. The third-order valence-corrected chi connectivity index (χ3v) is 2.92. The van der Waals surface area contributed by atoms with E-state index in [2.05, 4.69) is 11.7 Å². The number of rotatable bonds is 10. The number of methoxy groups -OCH3 is 2. The van der Waals surface area contributed by atoms with Gasteiger partial charge in [0.25, 0.3) is 0 Å². The van der Waals surface area contributed by atoms with Crippen molar-refractivity contribution in [1.82, 2.24) is 0 Å². The molecule has 0 fully saturated rings. The normalized spacial score (nSPS) is 10.2. The maximum Gasteiger partial charge on any atom is 0.341 e. The van der Waals surface area contributed by atoms with Gasteiger partial charge in [0.1, 0.15) is 17.1 Å². The van der Waals surface area contributed by atoms with Gasteiger partial charge < -0.3 is 18.9 Å². The number of hydrogen-bond donors (Lipinski definition) is 0. The first kappa shape index (κ1) is 17.3. The Bertz CT molecular complexity index is 431. The van der Waals surface area contributed by atoms with Crippen LogP contribution in [0, 0.1) is 0 Å². The van der Waals surface area contributed by atoms with Crippen LogP contribution in [0.3, 0.4) is 0 Å². The average molecular weight is 296 g/mol. The Balaban J connectivity index is 2.40. The van der Waals surface area contributed by atoms with Crippen molar-refractivity contribution >= 4 is 5.97 Å². The largest absolute Gasteiger partial charge is 0.496 e. The van der Waals surface area contributed by atoms with Gasteiger partial charge in [0.2, 0.25) is 0 Å². The van der Waals surface area contributed by atoms with Gasteiger partial charge >= 0.3 is 5.97 Å². The lowest BCUT2D eigenvalue weighted by Crippen LogP contribution is -2.06. The Morgan fingerprint density at radius 2 is 1.86 bits per heavy atom. The van der Waals surface area contributed by atoms with Crippen LogP contribution in [0.1, 0.15) is 36.5 Å². The predicted molar refractivity (Wildman–Crippen MR) is 80.2 cm³/mol. The first-order chi connectivity index (χ1) is 10.2. The molecule has 0 unspecified atom stereocenters. The van der Waals surface area contributed by atoms with Crippen LogP contribution in [0.5, 0.6) is 11.5 Å². The van der Waals surface area contributed by atoms with E-state index in [1.54, 1.807) is 18.2 Å². The Morgan fingerprint density at radius 1 is 1.10 bits per heavy atom. The lowest BCUT2D eigenvalue weighted by Gasteiger charge is -2.10. The predicted octanol–water partition coefficient (Wildman–Crippen LogP) is 3.07. The number of unbranched alkanes of at least 4 members (excludes halogenated alkanes) is 1. The van der Waals surface area contributed by atoms with E-state index >= 15 is 0 Å². The molecule has 0 aromatic heterocycles. The molecule has 118 valence electrons. The summed E-state index contributed by atoms with van der Waals surface area (Å²) < 4.78 is 20.9. The number of carbonyl (C=O) groups excluding carboxylic acids is 1. The van der Waals surface area contributed by atoms with E-state index in [1.165, 1.54) is 14.2 Å². The zero-order chi connectivity index (χ0) is 15.5. The van der Waals surface area contributed by atoms with Gasteiger partial charge in [0.05, 0.1) is 20.8 Å². The summed E-state index contributed by atoms with van der Waals surface area (Å²) >= 11 is 0. The van der Waals surface area contributed by atoms with E-state index in [9.17, 15) is 4.79 Å². The second-order valence-corrected chi connectivity index (χ2v) is 4.52. The van der Waals surface area contributed by atoms with Crippen LogP contribution in [-0.2, 0) is 9.47 Å². The van der Waals surface area contributed by atoms with E-state index in [0.717, 1.165) is 25.9 Å². The monoisotopic (exact) mass is 296 g/mol. The van der Waals surface area contributed by atoms with Gasteiger partial charge in [0.15, 0.2) is 0 Å². The fourth-order valence-electron chi connectivity index (χ4n) is 1.74. The lowest BCUT2D eigenvalue weighted by atomic mass is 10.2. The molecule has 1 aromatic rings. The molecule has 1 rings (SSSR count). The lowest BCUT2D eigenvalue weighted by molar-refractivity contribution is 0.0597. The zero-order valence-corrected chi connectivity index (χ0v) is 13.0. The van der Waals surface area contributed by atoms with Crippen molar-refractivity contribution in [2.24, 2.45) is 0 Å². The number of ether oxygens (including phenoxy) is 4. The maximum atomic E-state index is 11.5. The summed E-state index contributed by atoms with van der Waals surface area (Å²) in [7, 11) is 2.85. The van der Waals surface area contributed by atoms with Crippen molar-refractivity contribution in [1.29, 1.82) is 0 Å². The van der Waals surface area contributed by atoms with Crippen molar-refractivity contribution in [2.75, 3.05) is 34.0 Å². The number of esters is 1. The SMILES string of the molecule is CCCCOCCCOc1ccc(C(=O)OC)c(OC)c1. The van der Waals surface area contributed by atoms with Crippen LogP contribution < -0.4 is 9.47 Å². The van der Waals surface area contributed by atoms with E-state index in [1.807, 2.05) is 0 Å². The summed E-state index contributed by atoms with van der Waals surface area (Å²) in [5.74, 6) is 0.675. The quantitative estimate of drug-likeness (QED) is 0.490. The van der Waals surface area contributed by atoms with Gasteiger partial charge in [-0.15, -0.1) is 0 Å². The van der Waals surface area contributed by atoms with E-state index in [-0.39, 0.29) is 0 Å². The summed E-state index contributed by atoms with van der Waals surface area (Å²) in [6.07, 6.45) is 3.06. The summed E-state index contributed by atoms with van der Waals surface area (Å²) in [4.78, 5) is 11.5. The highest BCUT2D eigenvalue weighted by Crippen LogP contribution is 2.25. The first-order valence-corrected chi connectivity index (χ1v) is 7.19. The molecule has 0 saturated heterocycles. The van der Waals surface area contributed by atoms with Gasteiger partial charge in [0, 0.05) is 25.7 Å². The highest BCUT2D eigenvalue weighted by Gasteiger charge is 2.13. The van der Waals surface area contributed by atoms with Crippen molar-refractivity contribution in [3.63, 3.8) is 0 Å². The van der Waals surface area contributed by atoms with Gasteiger partial charge in [-0.1, -0.05) is 13.3 Å². The molecule has 1 aromatic carbocycles. The fraction of sp³-hybridized carbons (Fsp3) is 0.562. The standard InChI is InChI=1S/C16H24O5/c1-4-5-9-20-10-6-11-21-13-7-8-14(16(17)19-3)15(12-13)18-2/h7-8,12H,4-6,9-11H2,1-3H3. The van der Waals surface area contributed by atoms with Crippen molar-refractivity contribution in [3.8, 4) is 11.5 Å². The number of benzene rings is 1. The Kier molecular flexibility index (Phi) is 8.28. The number of hydrogen-bond acceptors (Lipinski definition) is 5. The van der Waals surface area contributed by atoms with Crippen LogP contribution in [0.4, 0.5) is 0 Å². The molecule has 0 aliphatic carbocycles. The van der Waals surface area contributed by atoms with Crippen molar-refractivity contribution in [3.05, 3.63) is 23.8 Å². The highest BCUT2D eigenvalue weighted by atomic mass is 16.5. The average Bonchev–Trinajstić information content (AvgIpc) is 2.53. The summed E-state index contributed by atoms with van der Waals surface area (Å²) in [5, 5.41) is 0. The van der Waals surface area contributed by atoms with Crippen LogP contribution in [0.25, 0.3) is 0 Å². The molecule has 5 nitrogen and oxygen atoms in total. The minimum atomic E-state index is -0.428. The van der Waals surface area contributed by atoms with Crippen LogP contribution >= 0.6 is 0 Å². The third-order valence-electron chi connectivity index (χ3n) is 2.92. The van der Waals surface area contributed by atoms with E-state index in [0.29, 0.717) is 30.3 Å². The van der Waals surface area contributed by atoms with Crippen LogP contribution in [0.2, 0.25) is 0 Å². The molecular weight excluding hydrogens is 272 g/mol. The van der Waals surface area contributed by atoms with E-state index < -0.39 is 5.97 Å². The zero-order valence-electron chi connectivity index (χ0n) is 13.0. The molecule has 0 heterocycles. The van der Waals surface area contributed by atoms with Gasteiger partial charge in [-0.3, -0.25) is 0 Å². The van der Waals surface area contributed by atoms with Crippen LogP contribution in [-0.4, -0.2) is 40.0 Å². The second kappa shape index (κ2) is 10.0. The highest BCUT2D eigenvalue weighted by molar-refractivity contribution is 5.92. The summed E-state index contributed by atoms with van der Waals surface area (Å²) in [6, 6.07) is 5.05. The van der Waals surface area contributed by atoms with Gasteiger partial charge in [-0.05, 0) is 18.6 Å². The van der Waals surface area contributed by atoms with Gasteiger partial charge in [-0.2, -0.15) is 0 Å². The Morgan fingerprint density at radius 3 is 2.52 bits per heavy atom. The minimum absolute atomic E-state index is 0.384. The van der Waals surface area contributed by atoms with Crippen molar-refractivity contribution < 1.29 is 23.7 Å². The molecule has 0 atom stereocenters. The molecule has 5 heteroatoms. The summed E-state index contributed by atoms with van der Waals surface area (Å²) in [5.41, 5.74) is 0.384. The third kappa shape index (κ3) is 6.04. The molecule has 0 bridgehead atoms. The molecule has 0 aliphatic rings. The molecule has 0 saturated carbocycles. The topological polar surface area (TPSA) is 54.0 Å². The molecule has 0 amide bonds. The molecule has 0 aliphatic heterocycles. The van der Waals surface area contributed by atoms with E-state index in [4.69, 9.17) is 14.2 Å². The Labute approximate surface area is 126 Å². The maximum absolute atomic E-state index is 11.5. The second-order valence-electron chi connectivity index (χ2n) is 4.52. The number of carbonyl (C=O) groups is 1. The molecule has 21 heavy (non-hydrogen) atoms. The summed E-state index contributed by atoms with van der Waals surface area (Å²) in [6.45, 7) is 4.19. The fourth-order valence-corrected chi connectivity index (χ4v) is 1.74. The minimum Gasteiger partial charge on any atom is -0.496 e. The molecule has 0 spiro atoms.